The molecule has 0 bridgehead atoms. The molecular weight excluding hydrogens is 336 g/mol. The SMILES string of the molecule is N#CCOc1ccc(NC(=O)CC(c2ccccc2)c2ccccc2)cc1. The van der Waals surface area contributed by atoms with E-state index in [1.54, 1.807) is 24.3 Å². The number of hydrogen-bond acceptors (Lipinski definition) is 3. The van der Waals surface area contributed by atoms with Crippen LogP contribution in [0.5, 0.6) is 5.75 Å². The Morgan fingerprint density at radius 2 is 1.44 bits per heavy atom. The topological polar surface area (TPSA) is 62.1 Å². The van der Waals surface area contributed by atoms with E-state index in [-0.39, 0.29) is 18.4 Å². The first-order chi connectivity index (χ1) is 13.3. The van der Waals surface area contributed by atoms with Gasteiger partial charge in [-0.25, -0.2) is 0 Å². The molecule has 4 nitrogen and oxygen atoms in total. The second-order valence-electron chi connectivity index (χ2n) is 6.10. The highest BCUT2D eigenvalue weighted by Gasteiger charge is 2.18. The molecule has 0 unspecified atom stereocenters. The molecule has 0 saturated carbocycles. The Morgan fingerprint density at radius 1 is 0.889 bits per heavy atom. The fourth-order valence-corrected chi connectivity index (χ4v) is 2.95. The lowest BCUT2D eigenvalue weighted by Crippen LogP contribution is -2.16. The first-order valence-corrected chi connectivity index (χ1v) is 8.76. The van der Waals surface area contributed by atoms with E-state index < -0.39 is 0 Å². The summed E-state index contributed by atoms with van der Waals surface area (Å²) in [4.78, 5) is 12.6. The number of ether oxygens (including phenoxy) is 1. The maximum Gasteiger partial charge on any atom is 0.225 e. The lowest BCUT2D eigenvalue weighted by molar-refractivity contribution is -0.116. The molecule has 3 aromatic carbocycles. The lowest BCUT2D eigenvalue weighted by atomic mass is 9.88. The maximum absolute atomic E-state index is 12.6. The number of carbonyl (C=O) groups excluding carboxylic acids is 1. The summed E-state index contributed by atoms with van der Waals surface area (Å²) in [6.45, 7) is 0.00152. The van der Waals surface area contributed by atoms with Crippen molar-refractivity contribution in [2.45, 2.75) is 12.3 Å². The van der Waals surface area contributed by atoms with Crippen molar-refractivity contribution in [1.29, 1.82) is 5.26 Å². The third-order valence-electron chi connectivity index (χ3n) is 4.23. The Morgan fingerprint density at radius 3 is 1.96 bits per heavy atom. The zero-order valence-corrected chi connectivity index (χ0v) is 14.8. The van der Waals surface area contributed by atoms with Gasteiger partial charge in [0.15, 0.2) is 6.61 Å². The number of nitriles is 1. The van der Waals surface area contributed by atoms with Crippen LogP contribution in [-0.2, 0) is 4.79 Å². The molecule has 0 aromatic heterocycles. The second kappa shape index (κ2) is 9.21. The van der Waals surface area contributed by atoms with Crippen molar-refractivity contribution in [2.75, 3.05) is 11.9 Å². The zero-order chi connectivity index (χ0) is 18.9. The van der Waals surface area contributed by atoms with Gasteiger partial charge in [0.1, 0.15) is 11.8 Å². The third kappa shape index (κ3) is 5.20. The number of rotatable bonds is 7. The maximum atomic E-state index is 12.6. The Balaban J connectivity index is 1.71. The Labute approximate surface area is 159 Å². The average Bonchev–Trinajstić information content (AvgIpc) is 2.73. The van der Waals surface area contributed by atoms with Gasteiger partial charge in [-0.15, -0.1) is 0 Å². The highest BCUT2D eigenvalue weighted by molar-refractivity contribution is 5.91. The Bertz CT molecular complexity index is 861. The lowest BCUT2D eigenvalue weighted by Gasteiger charge is -2.18. The van der Waals surface area contributed by atoms with Crippen molar-refractivity contribution >= 4 is 11.6 Å². The predicted octanol–water partition coefficient (Wildman–Crippen LogP) is 4.75. The van der Waals surface area contributed by atoms with Gasteiger partial charge in [0, 0.05) is 18.0 Å². The molecule has 0 spiro atoms. The van der Waals surface area contributed by atoms with Gasteiger partial charge in [0.25, 0.3) is 0 Å². The minimum absolute atomic E-state index is 0.00152. The summed E-state index contributed by atoms with van der Waals surface area (Å²) in [7, 11) is 0. The summed E-state index contributed by atoms with van der Waals surface area (Å²) >= 11 is 0. The molecule has 1 amide bonds. The highest BCUT2D eigenvalue weighted by Crippen LogP contribution is 2.28. The van der Waals surface area contributed by atoms with Gasteiger partial charge in [0.2, 0.25) is 5.91 Å². The zero-order valence-electron chi connectivity index (χ0n) is 14.8. The summed E-state index contributed by atoms with van der Waals surface area (Å²) < 4.78 is 5.22. The van der Waals surface area contributed by atoms with Crippen LogP contribution in [0.4, 0.5) is 5.69 Å². The molecule has 0 fully saturated rings. The summed E-state index contributed by atoms with van der Waals surface area (Å²) in [6.07, 6.45) is 0.348. The van der Waals surface area contributed by atoms with Crippen LogP contribution in [0.25, 0.3) is 0 Å². The standard InChI is InChI=1S/C23H20N2O2/c24-15-16-27-21-13-11-20(12-14-21)25-23(26)17-22(18-7-3-1-4-8-18)19-9-5-2-6-10-19/h1-14,22H,16-17H2,(H,25,26). The van der Waals surface area contributed by atoms with Gasteiger partial charge in [-0.05, 0) is 35.4 Å². The fraction of sp³-hybridized carbons (Fsp3) is 0.130. The summed E-state index contributed by atoms with van der Waals surface area (Å²) in [6, 6.07) is 29.0. The molecule has 0 aliphatic heterocycles. The number of benzene rings is 3. The van der Waals surface area contributed by atoms with E-state index in [2.05, 4.69) is 5.32 Å². The minimum Gasteiger partial charge on any atom is -0.479 e. The van der Waals surface area contributed by atoms with Gasteiger partial charge in [-0.2, -0.15) is 5.26 Å². The average molecular weight is 356 g/mol. The molecule has 1 N–H and O–H groups in total. The van der Waals surface area contributed by atoms with E-state index in [4.69, 9.17) is 10.00 Å². The monoisotopic (exact) mass is 356 g/mol. The normalized spacial score (nSPS) is 10.2. The molecule has 3 aromatic rings. The van der Waals surface area contributed by atoms with Crippen LogP contribution in [0.3, 0.4) is 0 Å². The van der Waals surface area contributed by atoms with Crippen molar-refractivity contribution in [3.8, 4) is 11.8 Å². The number of nitrogens with one attached hydrogen (secondary N) is 1. The molecule has 0 atom stereocenters. The molecule has 0 saturated heterocycles. The Kier molecular flexibility index (Phi) is 6.21. The van der Waals surface area contributed by atoms with E-state index in [1.165, 1.54) is 0 Å². The highest BCUT2D eigenvalue weighted by atomic mass is 16.5. The van der Waals surface area contributed by atoms with Crippen molar-refractivity contribution < 1.29 is 9.53 Å². The first-order valence-electron chi connectivity index (χ1n) is 8.76. The van der Waals surface area contributed by atoms with E-state index >= 15 is 0 Å². The molecular formula is C23H20N2O2. The van der Waals surface area contributed by atoms with Crippen LogP contribution in [0.15, 0.2) is 84.9 Å². The van der Waals surface area contributed by atoms with E-state index in [0.717, 1.165) is 11.1 Å². The van der Waals surface area contributed by atoms with Gasteiger partial charge >= 0.3 is 0 Å². The van der Waals surface area contributed by atoms with Crippen molar-refractivity contribution in [3.05, 3.63) is 96.1 Å². The van der Waals surface area contributed by atoms with Gasteiger partial charge in [0.05, 0.1) is 0 Å². The molecule has 134 valence electrons. The number of anilines is 1. The number of hydrogen-bond donors (Lipinski definition) is 1. The van der Waals surface area contributed by atoms with Crippen molar-refractivity contribution in [1.82, 2.24) is 0 Å². The number of amides is 1. The minimum atomic E-state index is -0.0570. The summed E-state index contributed by atoms with van der Waals surface area (Å²) in [5, 5.41) is 11.5. The second-order valence-corrected chi connectivity index (χ2v) is 6.10. The largest absolute Gasteiger partial charge is 0.479 e. The van der Waals surface area contributed by atoms with Crippen molar-refractivity contribution in [3.63, 3.8) is 0 Å². The fourth-order valence-electron chi connectivity index (χ4n) is 2.95. The van der Waals surface area contributed by atoms with Gasteiger partial charge in [-0.3, -0.25) is 4.79 Å². The molecule has 0 aliphatic carbocycles. The van der Waals surface area contributed by atoms with E-state index in [1.807, 2.05) is 66.7 Å². The van der Waals surface area contributed by atoms with Crippen LogP contribution in [0.2, 0.25) is 0 Å². The van der Waals surface area contributed by atoms with Crippen LogP contribution in [0, 0.1) is 11.3 Å². The summed E-state index contributed by atoms with van der Waals surface area (Å²) in [5.41, 5.74) is 2.92. The van der Waals surface area contributed by atoms with E-state index in [0.29, 0.717) is 17.9 Å². The molecule has 0 radical (unpaired) electrons. The van der Waals surface area contributed by atoms with E-state index in [9.17, 15) is 4.79 Å². The van der Waals surface area contributed by atoms with Crippen LogP contribution in [-0.4, -0.2) is 12.5 Å². The van der Waals surface area contributed by atoms with Gasteiger partial charge < -0.3 is 10.1 Å². The number of nitrogens with zero attached hydrogens (tertiary/aromatic N) is 1. The Hall–Kier alpha value is -3.58. The molecule has 3 rings (SSSR count). The van der Waals surface area contributed by atoms with Crippen LogP contribution in [0.1, 0.15) is 23.5 Å². The van der Waals surface area contributed by atoms with Crippen LogP contribution < -0.4 is 10.1 Å². The smallest absolute Gasteiger partial charge is 0.225 e. The molecule has 0 aliphatic rings. The molecule has 27 heavy (non-hydrogen) atoms. The van der Waals surface area contributed by atoms with Crippen LogP contribution >= 0.6 is 0 Å². The molecule has 4 heteroatoms. The predicted molar refractivity (Wildman–Crippen MR) is 106 cm³/mol. The summed E-state index contributed by atoms with van der Waals surface area (Å²) in [5.74, 6) is 0.532. The van der Waals surface area contributed by atoms with Gasteiger partial charge in [-0.1, -0.05) is 60.7 Å². The third-order valence-corrected chi connectivity index (χ3v) is 4.23. The quantitative estimate of drug-likeness (QED) is 0.664. The van der Waals surface area contributed by atoms with Crippen molar-refractivity contribution in [2.24, 2.45) is 0 Å². The number of carbonyl (C=O) groups is 1. The first kappa shape index (κ1) is 18.2. The molecule has 0 heterocycles.